The number of hydrogen-bond donors (Lipinski definition) is 0. The van der Waals surface area contributed by atoms with Crippen LogP contribution in [-0.2, 0) is 23.7 Å². The zero-order valence-electron chi connectivity index (χ0n) is 16.6. The van der Waals surface area contributed by atoms with Crippen molar-refractivity contribution in [2.24, 2.45) is 0 Å². The van der Waals surface area contributed by atoms with Gasteiger partial charge in [-0.15, -0.1) is 0 Å². The van der Waals surface area contributed by atoms with E-state index in [2.05, 4.69) is 13.8 Å². The fourth-order valence-electron chi connectivity index (χ4n) is 2.38. The van der Waals surface area contributed by atoms with Crippen molar-refractivity contribution in [2.45, 2.75) is 83.7 Å². The first-order chi connectivity index (χ1) is 11.7. The zero-order valence-corrected chi connectivity index (χ0v) is 16.6. The zero-order chi connectivity index (χ0) is 18.1. The third-order valence-electron chi connectivity index (χ3n) is 4.07. The van der Waals surface area contributed by atoms with Crippen molar-refractivity contribution < 1.29 is 23.7 Å². The molecule has 1 fully saturated rings. The number of epoxide rings is 1. The van der Waals surface area contributed by atoms with Crippen LogP contribution in [0.4, 0.5) is 0 Å². The second kappa shape index (κ2) is 16.3. The van der Waals surface area contributed by atoms with Gasteiger partial charge in [-0.1, -0.05) is 52.4 Å². The van der Waals surface area contributed by atoms with Crippen molar-refractivity contribution in [3.8, 4) is 0 Å². The molecule has 1 aliphatic heterocycles. The molecule has 146 valence electrons. The average molecular weight is 349 g/mol. The maximum Gasteiger partial charge on any atom is 0.282 e. The summed E-state index contributed by atoms with van der Waals surface area (Å²) in [6.07, 6.45) is 11.3. The van der Waals surface area contributed by atoms with Gasteiger partial charge in [0.25, 0.3) is 5.97 Å². The summed E-state index contributed by atoms with van der Waals surface area (Å²) in [7, 11) is 4.86. The summed E-state index contributed by atoms with van der Waals surface area (Å²) in [4.78, 5) is 0. The van der Waals surface area contributed by atoms with Gasteiger partial charge in [0, 0.05) is 34.4 Å². The molecule has 0 N–H and O–H groups in total. The molecule has 0 spiro atoms. The highest BCUT2D eigenvalue weighted by Crippen LogP contribution is 2.21. The van der Waals surface area contributed by atoms with Gasteiger partial charge in [0.1, 0.15) is 6.10 Å². The molecule has 5 heteroatoms. The van der Waals surface area contributed by atoms with Crippen LogP contribution in [0.1, 0.15) is 71.6 Å². The van der Waals surface area contributed by atoms with E-state index < -0.39 is 5.97 Å². The van der Waals surface area contributed by atoms with Crippen LogP contribution in [0.5, 0.6) is 0 Å². The lowest BCUT2D eigenvalue weighted by molar-refractivity contribution is -0.355. The largest absolute Gasteiger partial charge is 0.379 e. The molecule has 24 heavy (non-hydrogen) atoms. The quantitative estimate of drug-likeness (QED) is 0.247. The average Bonchev–Trinajstić information content (AvgIpc) is 3.43. The van der Waals surface area contributed by atoms with E-state index in [1.165, 1.54) is 38.5 Å². The molecule has 1 heterocycles. The van der Waals surface area contributed by atoms with E-state index in [4.69, 9.17) is 23.7 Å². The predicted molar refractivity (Wildman–Crippen MR) is 97.2 cm³/mol. The van der Waals surface area contributed by atoms with Gasteiger partial charge in [0.15, 0.2) is 0 Å². The summed E-state index contributed by atoms with van der Waals surface area (Å²) in [6.45, 7) is 6.93. The Morgan fingerprint density at radius 1 is 0.833 bits per heavy atom. The first kappa shape index (κ1) is 23.8. The lowest BCUT2D eigenvalue weighted by atomic mass is 10.1. The minimum atomic E-state index is -0.830. The van der Waals surface area contributed by atoms with Crippen LogP contribution in [0.25, 0.3) is 0 Å². The van der Waals surface area contributed by atoms with E-state index >= 15 is 0 Å². The normalized spacial score (nSPS) is 16.6. The third kappa shape index (κ3) is 13.1. The molecule has 0 aromatic carbocycles. The Kier molecular flexibility index (Phi) is 16.1. The van der Waals surface area contributed by atoms with Gasteiger partial charge in [-0.3, -0.25) is 0 Å². The molecule has 0 bridgehead atoms. The Hall–Kier alpha value is -0.200. The van der Waals surface area contributed by atoms with Crippen molar-refractivity contribution in [1.29, 1.82) is 0 Å². The van der Waals surface area contributed by atoms with Gasteiger partial charge in [0.05, 0.1) is 13.2 Å². The second-order valence-corrected chi connectivity index (χ2v) is 6.20. The van der Waals surface area contributed by atoms with Gasteiger partial charge in [-0.05, 0) is 12.8 Å². The summed E-state index contributed by atoms with van der Waals surface area (Å²) in [5.41, 5.74) is 0. The lowest BCUT2D eigenvalue weighted by Gasteiger charge is -2.28. The molecular formula is C19H40O5. The number of ether oxygens (including phenoxy) is 5. The summed E-state index contributed by atoms with van der Waals surface area (Å²) < 4.78 is 25.8. The molecule has 0 amide bonds. The number of rotatable bonds is 15. The third-order valence-corrected chi connectivity index (χ3v) is 4.07. The van der Waals surface area contributed by atoms with Crippen LogP contribution in [0.15, 0.2) is 0 Å². The van der Waals surface area contributed by atoms with E-state index in [1.54, 1.807) is 21.3 Å². The number of unbranched alkanes of at least 4 members (excludes halogenated alkanes) is 6. The highest BCUT2D eigenvalue weighted by molar-refractivity contribution is 4.66. The molecule has 1 saturated heterocycles. The van der Waals surface area contributed by atoms with Crippen LogP contribution < -0.4 is 0 Å². The molecule has 5 nitrogen and oxygen atoms in total. The fraction of sp³-hybridized carbons (Fsp3) is 1.00. The Balaban J connectivity index is 0.000000546. The summed E-state index contributed by atoms with van der Waals surface area (Å²) in [6, 6.07) is 0. The van der Waals surface area contributed by atoms with Crippen LogP contribution in [0.3, 0.4) is 0 Å². The van der Waals surface area contributed by atoms with Gasteiger partial charge < -0.3 is 23.7 Å². The van der Waals surface area contributed by atoms with Crippen molar-refractivity contribution >= 4 is 0 Å². The SMILES string of the molecule is CCCCCCCCCC(OC)(OC)OC.CCCOCC1CO1. The smallest absolute Gasteiger partial charge is 0.282 e. The van der Waals surface area contributed by atoms with E-state index in [0.29, 0.717) is 6.10 Å². The Morgan fingerprint density at radius 3 is 1.83 bits per heavy atom. The Morgan fingerprint density at radius 2 is 1.38 bits per heavy atom. The molecule has 0 saturated carbocycles. The Labute approximate surface area is 149 Å². The summed E-state index contributed by atoms with van der Waals surface area (Å²) in [5, 5.41) is 0. The monoisotopic (exact) mass is 348 g/mol. The van der Waals surface area contributed by atoms with Crippen molar-refractivity contribution in [3.05, 3.63) is 0 Å². The minimum Gasteiger partial charge on any atom is -0.379 e. The van der Waals surface area contributed by atoms with Crippen molar-refractivity contribution in [1.82, 2.24) is 0 Å². The number of hydrogen-bond acceptors (Lipinski definition) is 5. The summed E-state index contributed by atoms with van der Waals surface area (Å²) in [5.74, 6) is -0.830. The number of methoxy groups -OCH3 is 3. The first-order valence-electron chi connectivity index (χ1n) is 9.52. The van der Waals surface area contributed by atoms with Crippen molar-refractivity contribution in [2.75, 3.05) is 41.2 Å². The van der Waals surface area contributed by atoms with E-state index in [1.807, 2.05) is 0 Å². The standard InChI is InChI=1S/C13H28O3.C6H12O2/c1-5-6-7-8-9-10-11-12-13(14-2,15-3)16-4;1-2-3-7-4-6-5-8-6/h5-12H2,1-4H3;6H,2-5H2,1H3. The molecule has 0 radical (unpaired) electrons. The maximum atomic E-state index is 5.24. The lowest BCUT2D eigenvalue weighted by Crippen LogP contribution is -2.35. The highest BCUT2D eigenvalue weighted by atomic mass is 16.9. The molecule has 1 unspecified atom stereocenters. The van der Waals surface area contributed by atoms with Gasteiger partial charge in [0.2, 0.25) is 0 Å². The molecule has 1 aliphatic rings. The maximum absolute atomic E-state index is 5.24. The Bertz CT molecular complexity index is 244. The topological polar surface area (TPSA) is 49.5 Å². The van der Waals surface area contributed by atoms with Crippen LogP contribution in [-0.4, -0.2) is 53.2 Å². The van der Waals surface area contributed by atoms with Crippen molar-refractivity contribution in [3.63, 3.8) is 0 Å². The predicted octanol–water partition coefficient (Wildman–Crippen LogP) is 4.53. The van der Waals surface area contributed by atoms with E-state index in [9.17, 15) is 0 Å². The molecule has 0 aliphatic carbocycles. The van der Waals surface area contributed by atoms with Crippen LogP contribution >= 0.6 is 0 Å². The molecule has 1 atom stereocenters. The first-order valence-corrected chi connectivity index (χ1v) is 9.52. The van der Waals surface area contributed by atoms with Crippen LogP contribution in [0, 0.1) is 0 Å². The summed E-state index contributed by atoms with van der Waals surface area (Å²) >= 11 is 0. The molecular weight excluding hydrogens is 308 g/mol. The highest BCUT2D eigenvalue weighted by Gasteiger charge is 2.28. The van der Waals surface area contributed by atoms with E-state index in [0.717, 1.165) is 39.1 Å². The van der Waals surface area contributed by atoms with Gasteiger partial charge in [-0.25, -0.2) is 0 Å². The van der Waals surface area contributed by atoms with Gasteiger partial charge >= 0.3 is 0 Å². The molecule has 0 aromatic rings. The fourth-order valence-corrected chi connectivity index (χ4v) is 2.38. The molecule has 1 rings (SSSR count). The van der Waals surface area contributed by atoms with Gasteiger partial charge in [-0.2, -0.15) is 0 Å². The molecule has 0 aromatic heterocycles. The van der Waals surface area contributed by atoms with E-state index in [-0.39, 0.29) is 0 Å². The van der Waals surface area contributed by atoms with Crippen LogP contribution in [0.2, 0.25) is 0 Å². The second-order valence-electron chi connectivity index (χ2n) is 6.20. The minimum absolute atomic E-state index is 0.432.